The van der Waals surface area contributed by atoms with Gasteiger partial charge in [-0.2, -0.15) is 0 Å². The summed E-state index contributed by atoms with van der Waals surface area (Å²) in [5.41, 5.74) is 1.49. The predicted molar refractivity (Wildman–Crippen MR) is 90.3 cm³/mol. The molecule has 2 rings (SSSR count). The molecule has 1 aliphatic carbocycles. The molecule has 3 heteroatoms. The van der Waals surface area contributed by atoms with E-state index in [2.05, 4.69) is 71.3 Å². The van der Waals surface area contributed by atoms with Crippen molar-refractivity contribution >= 4 is 15.9 Å². The molecule has 112 valence electrons. The Hall–Kier alpha value is -0.380. The second-order valence-corrected chi connectivity index (χ2v) is 7.02. The van der Waals surface area contributed by atoms with Gasteiger partial charge in [-0.3, -0.25) is 0 Å². The SMILES string of the molecule is CCC(C)N(C)CCNC1CC(c2ccc(Br)cc2)C1. The first-order chi connectivity index (χ1) is 9.60. The first-order valence-corrected chi connectivity index (χ1v) is 8.58. The highest BCUT2D eigenvalue weighted by Crippen LogP contribution is 2.37. The van der Waals surface area contributed by atoms with E-state index in [1.807, 2.05) is 0 Å². The third kappa shape index (κ3) is 4.31. The zero-order valence-electron chi connectivity index (χ0n) is 12.9. The number of benzene rings is 1. The molecule has 0 aliphatic heterocycles. The average Bonchev–Trinajstić information content (AvgIpc) is 2.41. The lowest BCUT2D eigenvalue weighted by atomic mass is 9.76. The second-order valence-electron chi connectivity index (χ2n) is 6.11. The molecule has 0 heterocycles. The molecule has 1 saturated carbocycles. The summed E-state index contributed by atoms with van der Waals surface area (Å²) in [6.45, 7) is 6.81. The highest BCUT2D eigenvalue weighted by atomic mass is 79.9. The van der Waals surface area contributed by atoms with Crippen LogP contribution in [0.15, 0.2) is 28.7 Å². The minimum absolute atomic E-state index is 0.689. The molecule has 0 bridgehead atoms. The minimum Gasteiger partial charge on any atom is -0.313 e. The van der Waals surface area contributed by atoms with E-state index >= 15 is 0 Å². The molecule has 0 amide bonds. The summed E-state index contributed by atoms with van der Waals surface area (Å²) >= 11 is 3.49. The van der Waals surface area contributed by atoms with Gasteiger partial charge in [-0.1, -0.05) is 35.0 Å². The lowest BCUT2D eigenvalue weighted by Gasteiger charge is -2.37. The van der Waals surface area contributed by atoms with E-state index in [1.165, 1.54) is 29.3 Å². The number of nitrogens with one attached hydrogen (secondary N) is 1. The Kier molecular flexibility index (Phi) is 6.06. The lowest BCUT2D eigenvalue weighted by molar-refractivity contribution is 0.230. The molecule has 0 spiro atoms. The van der Waals surface area contributed by atoms with Gasteiger partial charge in [0.15, 0.2) is 0 Å². The molecule has 0 radical (unpaired) electrons. The van der Waals surface area contributed by atoms with Crippen molar-refractivity contribution in [1.29, 1.82) is 0 Å². The Labute approximate surface area is 132 Å². The number of hydrogen-bond donors (Lipinski definition) is 1. The quantitative estimate of drug-likeness (QED) is 0.807. The molecule has 0 saturated heterocycles. The molecular weight excluding hydrogens is 312 g/mol. The monoisotopic (exact) mass is 338 g/mol. The maximum Gasteiger partial charge on any atom is 0.0175 e. The van der Waals surface area contributed by atoms with E-state index in [4.69, 9.17) is 0 Å². The normalized spacial score (nSPS) is 23.6. The van der Waals surface area contributed by atoms with Gasteiger partial charge < -0.3 is 10.2 Å². The Morgan fingerprint density at radius 1 is 1.30 bits per heavy atom. The van der Waals surface area contributed by atoms with Gasteiger partial charge >= 0.3 is 0 Å². The summed E-state index contributed by atoms with van der Waals surface area (Å²) in [7, 11) is 2.22. The van der Waals surface area contributed by atoms with Gasteiger partial charge in [0.05, 0.1) is 0 Å². The Bertz CT molecular complexity index is 398. The van der Waals surface area contributed by atoms with Crippen LogP contribution < -0.4 is 5.32 Å². The fraction of sp³-hybridized carbons (Fsp3) is 0.647. The summed E-state index contributed by atoms with van der Waals surface area (Å²) in [6.07, 6.45) is 3.80. The third-order valence-corrected chi connectivity index (χ3v) is 5.25. The smallest absolute Gasteiger partial charge is 0.0175 e. The highest BCUT2D eigenvalue weighted by Gasteiger charge is 2.29. The average molecular weight is 339 g/mol. The van der Waals surface area contributed by atoms with Crippen LogP contribution in [-0.4, -0.2) is 37.1 Å². The summed E-state index contributed by atoms with van der Waals surface area (Å²) in [6, 6.07) is 10.2. The van der Waals surface area contributed by atoms with Crippen LogP contribution in [0, 0.1) is 0 Å². The topological polar surface area (TPSA) is 15.3 Å². The Balaban J connectivity index is 1.63. The number of likely N-dealkylation sites (N-methyl/N-ethyl adjacent to an activating group) is 1. The Morgan fingerprint density at radius 3 is 2.55 bits per heavy atom. The highest BCUT2D eigenvalue weighted by molar-refractivity contribution is 9.10. The molecule has 2 nitrogen and oxygen atoms in total. The van der Waals surface area contributed by atoms with Gasteiger partial charge in [0.1, 0.15) is 0 Å². The van der Waals surface area contributed by atoms with Crippen LogP contribution in [0.1, 0.15) is 44.6 Å². The van der Waals surface area contributed by atoms with E-state index < -0.39 is 0 Å². The Morgan fingerprint density at radius 2 is 1.95 bits per heavy atom. The van der Waals surface area contributed by atoms with Gasteiger partial charge in [-0.05, 0) is 56.8 Å². The number of rotatable bonds is 7. The van der Waals surface area contributed by atoms with E-state index in [0.29, 0.717) is 12.1 Å². The molecule has 1 fully saturated rings. The first-order valence-electron chi connectivity index (χ1n) is 7.79. The van der Waals surface area contributed by atoms with Crippen LogP contribution in [0.4, 0.5) is 0 Å². The van der Waals surface area contributed by atoms with E-state index in [-0.39, 0.29) is 0 Å². The summed E-state index contributed by atoms with van der Waals surface area (Å²) in [4.78, 5) is 2.44. The molecule has 1 aliphatic rings. The van der Waals surface area contributed by atoms with Crippen molar-refractivity contribution in [2.45, 2.75) is 51.1 Å². The number of hydrogen-bond acceptors (Lipinski definition) is 2. The zero-order chi connectivity index (χ0) is 14.5. The van der Waals surface area contributed by atoms with Gasteiger partial charge in [-0.25, -0.2) is 0 Å². The number of halogens is 1. The van der Waals surface area contributed by atoms with Crippen LogP contribution in [0.3, 0.4) is 0 Å². The molecule has 1 N–H and O–H groups in total. The van der Waals surface area contributed by atoms with Crippen molar-refractivity contribution < 1.29 is 0 Å². The maximum absolute atomic E-state index is 3.69. The van der Waals surface area contributed by atoms with Gasteiger partial charge in [0, 0.05) is 29.6 Å². The third-order valence-electron chi connectivity index (χ3n) is 4.72. The largest absolute Gasteiger partial charge is 0.313 e. The van der Waals surface area contributed by atoms with Crippen LogP contribution >= 0.6 is 15.9 Å². The zero-order valence-corrected chi connectivity index (χ0v) is 14.5. The second kappa shape index (κ2) is 7.58. The fourth-order valence-corrected chi connectivity index (χ4v) is 3.03. The van der Waals surface area contributed by atoms with Crippen molar-refractivity contribution in [3.63, 3.8) is 0 Å². The van der Waals surface area contributed by atoms with Crippen LogP contribution in [0.5, 0.6) is 0 Å². The summed E-state index contributed by atoms with van der Waals surface area (Å²) in [5.74, 6) is 0.757. The summed E-state index contributed by atoms with van der Waals surface area (Å²) < 4.78 is 1.17. The predicted octanol–water partition coefficient (Wildman–Crippen LogP) is 4.02. The van der Waals surface area contributed by atoms with Crippen molar-refractivity contribution in [2.75, 3.05) is 20.1 Å². The van der Waals surface area contributed by atoms with Crippen molar-refractivity contribution in [1.82, 2.24) is 10.2 Å². The molecule has 1 unspecified atom stereocenters. The minimum atomic E-state index is 0.689. The molecule has 20 heavy (non-hydrogen) atoms. The van der Waals surface area contributed by atoms with Gasteiger partial charge in [0.2, 0.25) is 0 Å². The molecule has 0 aromatic heterocycles. The van der Waals surface area contributed by atoms with E-state index in [1.54, 1.807) is 0 Å². The van der Waals surface area contributed by atoms with Gasteiger partial charge in [-0.15, -0.1) is 0 Å². The van der Waals surface area contributed by atoms with Crippen LogP contribution in [-0.2, 0) is 0 Å². The first kappa shape index (κ1) is 16.0. The fourth-order valence-electron chi connectivity index (χ4n) is 2.77. The van der Waals surface area contributed by atoms with Crippen molar-refractivity contribution in [3.05, 3.63) is 34.3 Å². The number of nitrogens with zero attached hydrogens (tertiary/aromatic N) is 1. The van der Waals surface area contributed by atoms with Crippen LogP contribution in [0.25, 0.3) is 0 Å². The molecule has 1 aromatic rings. The van der Waals surface area contributed by atoms with Gasteiger partial charge in [0.25, 0.3) is 0 Å². The van der Waals surface area contributed by atoms with E-state index in [0.717, 1.165) is 19.0 Å². The van der Waals surface area contributed by atoms with Crippen molar-refractivity contribution in [2.24, 2.45) is 0 Å². The van der Waals surface area contributed by atoms with E-state index in [9.17, 15) is 0 Å². The summed E-state index contributed by atoms with van der Waals surface area (Å²) in [5, 5.41) is 3.69. The van der Waals surface area contributed by atoms with Crippen molar-refractivity contribution in [3.8, 4) is 0 Å². The lowest BCUT2D eigenvalue weighted by Crippen LogP contribution is -2.44. The molecule has 1 atom stereocenters. The van der Waals surface area contributed by atoms with Crippen LogP contribution in [0.2, 0.25) is 0 Å². The maximum atomic E-state index is 3.69. The molecule has 1 aromatic carbocycles. The standard InChI is InChI=1S/C17H27BrN2/c1-4-13(2)20(3)10-9-19-17-11-15(12-17)14-5-7-16(18)8-6-14/h5-8,13,15,17,19H,4,9-12H2,1-3H3. The molecular formula is C17H27BrN2.